The summed E-state index contributed by atoms with van der Waals surface area (Å²) >= 11 is 0. The van der Waals surface area contributed by atoms with Gasteiger partial charge in [0.25, 0.3) is 0 Å². The number of likely N-dealkylation sites (N-methyl/N-ethyl adjacent to an activating group) is 1. The van der Waals surface area contributed by atoms with E-state index >= 15 is 0 Å². The number of aromatic amines is 1. The lowest BCUT2D eigenvalue weighted by molar-refractivity contribution is 0.304. The Balaban J connectivity index is 2.53. The number of aliphatic hydroxyl groups excluding tert-OH is 1. The standard InChI is InChI=1S/C12H16N2O/c1-9-12(14(2)7-8-15)10-5-3-4-6-11(10)13-9/h3-6,13,15H,7-8H2,1-2H3. The average Bonchev–Trinajstić information content (AvgIpc) is 2.54. The minimum absolute atomic E-state index is 0.176. The first-order valence-corrected chi connectivity index (χ1v) is 5.13. The maximum atomic E-state index is 8.95. The molecule has 0 saturated carbocycles. The zero-order chi connectivity index (χ0) is 10.8. The number of fused-ring (bicyclic) bond motifs is 1. The number of rotatable bonds is 3. The Kier molecular flexibility index (Phi) is 2.64. The van der Waals surface area contributed by atoms with Gasteiger partial charge in [-0.2, -0.15) is 0 Å². The van der Waals surface area contributed by atoms with E-state index in [9.17, 15) is 0 Å². The number of nitrogens with zero attached hydrogens (tertiary/aromatic N) is 1. The molecule has 0 fully saturated rings. The summed E-state index contributed by atoms with van der Waals surface area (Å²) in [6, 6.07) is 8.22. The van der Waals surface area contributed by atoms with Gasteiger partial charge in [0, 0.05) is 30.2 Å². The SMILES string of the molecule is Cc1[nH]c2ccccc2c1N(C)CCO. The minimum atomic E-state index is 0.176. The molecule has 0 spiro atoms. The molecule has 3 heteroatoms. The van der Waals surface area contributed by atoms with E-state index in [-0.39, 0.29) is 6.61 Å². The first-order chi connectivity index (χ1) is 7.24. The number of nitrogens with one attached hydrogen (secondary N) is 1. The molecule has 0 saturated heterocycles. The number of hydrogen-bond acceptors (Lipinski definition) is 2. The van der Waals surface area contributed by atoms with Crippen molar-refractivity contribution in [3.8, 4) is 0 Å². The zero-order valence-corrected chi connectivity index (χ0v) is 9.12. The van der Waals surface area contributed by atoms with E-state index in [4.69, 9.17) is 5.11 Å². The number of aromatic nitrogens is 1. The van der Waals surface area contributed by atoms with Gasteiger partial charge >= 0.3 is 0 Å². The third-order valence-corrected chi connectivity index (χ3v) is 2.68. The molecule has 1 aromatic heterocycles. The summed E-state index contributed by atoms with van der Waals surface area (Å²) in [5, 5.41) is 10.2. The van der Waals surface area contributed by atoms with Crippen LogP contribution in [0.25, 0.3) is 10.9 Å². The average molecular weight is 204 g/mol. The van der Waals surface area contributed by atoms with Gasteiger partial charge in [-0.1, -0.05) is 18.2 Å². The number of H-pyrrole nitrogens is 1. The van der Waals surface area contributed by atoms with Crippen molar-refractivity contribution >= 4 is 16.6 Å². The lowest BCUT2D eigenvalue weighted by Crippen LogP contribution is -2.21. The number of hydrogen-bond donors (Lipinski definition) is 2. The Hall–Kier alpha value is -1.48. The van der Waals surface area contributed by atoms with Crippen molar-refractivity contribution < 1.29 is 5.11 Å². The van der Waals surface area contributed by atoms with Crippen molar-refractivity contribution in [1.82, 2.24) is 4.98 Å². The highest BCUT2D eigenvalue weighted by molar-refractivity contribution is 5.94. The highest BCUT2D eigenvalue weighted by Crippen LogP contribution is 2.29. The molecule has 2 N–H and O–H groups in total. The van der Waals surface area contributed by atoms with Crippen molar-refractivity contribution in [3.63, 3.8) is 0 Å². The Morgan fingerprint density at radius 1 is 1.33 bits per heavy atom. The second kappa shape index (κ2) is 3.95. The van der Waals surface area contributed by atoms with Crippen LogP contribution in [-0.4, -0.2) is 30.3 Å². The first-order valence-electron chi connectivity index (χ1n) is 5.13. The molecule has 0 unspecified atom stereocenters. The van der Waals surface area contributed by atoms with Gasteiger partial charge in [-0.05, 0) is 13.0 Å². The fraction of sp³-hybridized carbons (Fsp3) is 0.333. The summed E-state index contributed by atoms with van der Waals surface area (Å²) < 4.78 is 0. The molecule has 1 heterocycles. The predicted octanol–water partition coefficient (Wildman–Crippen LogP) is 1.90. The van der Waals surface area contributed by atoms with E-state index in [1.807, 2.05) is 19.2 Å². The summed E-state index contributed by atoms with van der Waals surface area (Å²) in [6.07, 6.45) is 0. The Labute approximate surface area is 89.3 Å². The van der Waals surface area contributed by atoms with Crippen molar-refractivity contribution in [2.75, 3.05) is 25.1 Å². The van der Waals surface area contributed by atoms with Crippen molar-refractivity contribution in [2.24, 2.45) is 0 Å². The van der Waals surface area contributed by atoms with Crippen LogP contribution in [-0.2, 0) is 0 Å². The van der Waals surface area contributed by atoms with Gasteiger partial charge in [-0.3, -0.25) is 0 Å². The van der Waals surface area contributed by atoms with E-state index in [1.54, 1.807) is 0 Å². The molecule has 0 aliphatic carbocycles. The number of anilines is 1. The number of aryl methyl sites for hydroxylation is 1. The van der Waals surface area contributed by atoms with Gasteiger partial charge in [-0.15, -0.1) is 0 Å². The van der Waals surface area contributed by atoms with E-state index in [0.717, 1.165) is 11.2 Å². The first kappa shape index (κ1) is 10.1. The zero-order valence-electron chi connectivity index (χ0n) is 9.12. The van der Waals surface area contributed by atoms with Crippen LogP contribution in [0.3, 0.4) is 0 Å². The van der Waals surface area contributed by atoms with Gasteiger partial charge in [0.05, 0.1) is 12.3 Å². The Morgan fingerprint density at radius 3 is 2.80 bits per heavy atom. The van der Waals surface area contributed by atoms with Gasteiger partial charge < -0.3 is 15.0 Å². The molecule has 2 rings (SSSR count). The summed E-state index contributed by atoms with van der Waals surface area (Å²) in [5.41, 5.74) is 3.47. The fourth-order valence-corrected chi connectivity index (χ4v) is 2.02. The molecule has 80 valence electrons. The maximum Gasteiger partial charge on any atom is 0.0652 e. The minimum Gasteiger partial charge on any atom is -0.395 e. The van der Waals surface area contributed by atoms with Crippen LogP contribution in [0.4, 0.5) is 5.69 Å². The monoisotopic (exact) mass is 204 g/mol. The smallest absolute Gasteiger partial charge is 0.0652 e. The highest BCUT2D eigenvalue weighted by atomic mass is 16.3. The van der Waals surface area contributed by atoms with Gasteiger partial charge in [0.15, 0.2) is 0 Å². The van der Waals surface area contributed by atoms with Gasteiger partial charge in [0.2, 0.25) is 0 Å². The van der Waals surface area contributed by atoms with Gasteiger partial charge in [0.1, 0.15) is 0 Å². The number of benzene rings is 1. The normalized spacial score (nSPS) is 10.9. The quantitative estimate of drug-likeness (QED) is 0.801. The molecule has 15 heavy (non-hydrogen) atoms. The largest absolute Gasteiger partial charge is 0.395 e. The second-order valence-electron chi connectivity index (χ2n) is 3.79. The molecule has 0 aliphatic heterocycles. The molecule has 1 aromatic carbocycles. The van der Waals surface area contributed by atoms with Crippen LogP contribution >= 0.6 is 0 Å². The molecular weight excluding hydrogens is 188 g/mol. The summed E-state index contributed by atoms with van der Waals surface area (Å²) in [5.74, 6) is 0. The molecular formula is C12H16N2O. The van der Waals surface area contributed by atoms with Crippen molar-refractivity contribution in [3.05, 3.63) is 30.0 Å². The lowest BCUT2D eigenvalue weighted by Gasteiger charge is -2.18. The van der Waals surface area contributed by atoms with Crippen molar-refractivity contribution in [2.45, 2.75) is 6.92 Å². The van der Waals surface area contributed by atoms with Crippen LogP contribution in [0.2, 0.25) is 0 Å². The maximum absolute atomic E-state index is 8.95. The molecule has 3 nitrogen and oxygen atoms in total. The van der Waals surface area contributed by atoms with Crippen LogP contribution in [0.15, 0.2) is 24.3 Å². The third kappa shape index (κ3) is 1.70. The molecule has 0 aliphatic rings. The number of aliphatic hydroxyl groups is 1. The van der Waals surface area contributed by atoms with Crippen LogP contribution in [0.1, 0.15) is 5.69 Å². The third-order valence-electron chi connectivity index (χ3n) is 2.68. The summed E-state index contributed by atoms with van der Waals surface area (Å²) in [7, 11) is 2.00. The Bertz CT molecular complexity index is 462. The van der Waals surface area contributed by atoms with Crippen LogP contribution < -0.4 is 4.90 Å². The Morgan fingerprint density at radius 2 is 2.07 bits per heavy atom. The molecule has 0 amide bonds. The van der Waals surface area contributed by atoms with Crippen LogP contribution in [0.5, 0.6) is 0 Å². The topological polar surface area (TPSA) is 39.3 Å². The number of para-hydroxylation sites is 1. The van der Waals surface area contributed by atoms with Crippen molar-refractivity contribution in [1.29, 1.82) is 0 Å². The molecule has 0 radical (unpaired) electrons. The highest BCUT2D eigenvalue weighted by Gasteiger charge is 2.10. The lowest BCUT2D eigenvalue weighted by atomic mass is 10.2. The second-order valence-corrected chi connectivity index (χ2v) is 3.79. The summed E-state index contributed by atoms with van der Waals surface area (Å²) in [6.45, 7) is 2.89. The summed E-state index contributed by atoms with van der Waals surface area (Å²) in [4.78, 5) is 5.42. The van der Waals surface area contributed by atoms with Gasteiger partial charge in [-0.25, -0.2) is 0 Å². The van der Waals surface area contributed by atoms with E-state index in [0.29, 0.717) is 6.54 Å². The van der Waals surface area contributed by atoms with Crippen LogP contribution in [0, 0.1) is 6.92 Å². The fourth-order valence-electron chi connectivity index (χ4n) is 2.02. The molecule has 2 aromatic rings. The molecule has 0 atom stereocenters. The van der Waals surface area contributed by atoms with E-state index in [1.165, 1.54) is 11.1 Å². The van der Waals surface area contributed by atoms with E-state index < -0.39 is 0 Å². The molecule has 0 bridgehead atoms. The van der Waals surface area contributed by atoms with E-state index in [2.05, 4.69) is 28.9 Å². The predicted molar refractivity (Wildman–Crippen MR) is 63.4 cm³/mol.